The molecule has 2 rings (SSSR count). The lowest BCUT2D eigenvalue weighted by Gasteiger charge is -2.13. The maximum Gasteiger partial charge on any atom is 0.241 e. The standard InChI is InChI=1S/C15H22N2O4S/c1-11-9-13(21-2)7-8-14(11)22(19,20)16-10-15(18)17-12-5-3-4-6-12/h7-9,12,16H,3-6,10H2,1-2H3,(H,17,18). The van der Waals surface area contributed by atoms with Crippen LogP contribution in [0.15, 0.2) is 23.1 Å². The maximum atomic E-state index is 12.3. The Balaban J connectivity index is 1.97. The first-order valence-electron chi connectivity index (χ1n) is 7.36. The van der Waals surface area contributed by atoms with E-state index >= 15 is 0 Å². The van der Waals surface area contributed by atoms with Crippen molar-refractivity contribution in [3.63, 3.8) is 0 Å². The van der Waals surface area contributed by atoms with Gasteiger partial charge < -0.3 is 10.1 Å². The number of methoxy groups -OCH3 is 1. The van der Waals surface area contributed by atoms with Gasteiger partial charge in [0, 0.05) is 6.04 Å². The van der Waals surface area contributed by atoms with E-state index in [1.165, 1.54) is 13.2 Å². The summed E-state index contributed by atoms with van der Waals surface area (Å²) < 4.78 is 31.9. The van der Waals surface area contributed by atoms with Gasteiger partial charge in [-0.3, -0.25) is 4.79 Å². The Labute approximate surface area is 131 Å². The first-order chi connectivity index (χ1) is 10.4. The lowest BCUT2D eigenvalue weighted by molar-refractivity contribution is -0.120. The zero-order chi connectivity index (χ0) is 16.2. The minimum absolute atomic E-state index is 0.155. The highest BCUT2D eigenvalue weighted by atomic mass is 32.2. The number of carbonyl (C=O) groups is 1. The first kappa shape index (κ1) is 16.8. The van der Waals surface area contributed by atoms with Gasteiger partial charge in [0.15, 0.2) is 0 Å². The number of sulfonamides is 1. The summed E-state index contributed by atoms with van der Waals surface area (Å²) in [6.07, 6.45) is 4.16. The van der Waals surface area contributed by atoms with E-state index in [0.29, 0.717) is 11.3 Å². The van der Waals surface area contributed by atoms with E-state index in [9.17, 15) is 13.2 Å². The Morgan fingerprint density at radius 2 is 2.00 bits per heavy atom. The van der Waals surface area contributed by atoms with Crippen LogP contribution >= 0.6 is 0 Å². The van der Waals surface area contributed by atoms with Crippen molar-refractivity contribution in [1.29, 1.82) is 0 Å². The van der Waals surface area contributed by atoms with Crippen molar-refractivity contribution in [2.45, 2.75) is 43.5 Å². The Bertz CT molecular complexity index is 637. The molecular weight excluding hydrogens is 304 g/mol. The molecule has 0 atom stereocenters. The average Bonchev–Trinajstić information content (AvgIpc) is 2.97. The molecule has 0 bridgehead atoms. The molecule has 7 heteroatoms. The van der Waals surface area contributed by atoms with Crippen LogP contribution in [0.1, 0.15) is 31.2 Å². The van der Waals surface area contributed by atoms with Gasteiger partial charge in [-0.05, 0) is 43.5 Å². The number of benzene rings is 1. The fourth-order valence-electron chi connectivity index (χ4n) is 2.64. The van der Waals surface area contributed by atoms with Crippen LogP contribution in [0.4, 0.5) is 0 Å². The second kappa shape index (κ2) is 7.11. The average molecular weight is 326 g/mol. The topological polar surface area (TPSA) is 84.5 Å². The summed E-state index contributed by atoms with van der Waals surface area (Å²) in [6.45, 7) is 1.44. The number of aryl methyl sites for hydroxylation is 1. The molecule has 1 aliphatic carbocycles. The monoisotopic (exact) mass is 326 g/mol. The number of carbonyl (C=O) groups excluding carboxylic acids is 1. The third-order valence-electron chi connectivity index (χ3n) is 3.81. The normalized spacial score (nSPS) is 15.7. The Hall–Kier alpha value is -1.60. The zero-order valence-electron chi connectivity index (χ0n) is 12.9. The quantitative estimate of drug-likeness (QED) is 0.826. The minimum atomic E-state index is -3.71. The van der Waals surface area contributed by atoms with Crippen molar-refractivity contribution in [3.05, 3.63) is 23.8 Å². The SMILES string of the molecule is COc1ccc(S(=O)(=O)NCC(=O)NC2CCCC2)c(C)c1. The van der Waals surface area contributed by atoms with Crippen LogP contribution in [0.2, 0.25) is 0 Å². The van der Waals surface area contributed by atoms with E-state index in [1.54, 1.807) is 19.1 Å². The van der Waals surface area contributed by atoms with Crippen LogP contribution in [0.25, 0.3) is 0 Å². The van der Waals surface area contributed by atoms with Gasteiger partial charge in [0.2, 0.25) is 15.9 Å². The van der Waals surface area contributed by atoms with E-state index in [4.69, 9.17) is 4.74 Å². The van der Waals surface area contributed by atoms with Gasteiger partial charge in [0.1, 0.15) is 5.75 Å². The highest BCUT2D eigenvalue weighted by Crippen LogP contribution is 2.21. The predicted molar refractivity (Wildman–Crippen MR) is 83.3 cm³/mol. The molecule has 1 saturated carbocycles. The molecule has 0 aliphatic heterocycles. The zero-order valence-corrected chi connectivity index (χ0v) is 13.7. The number of rotatable bonds is 6. The highest BCUT2D eigenvalue weighted by molar-refractivity contribution is 7.89. The van der Waals surface area contributed by atoms with E-state index in [0.717, 1.165) is 25.7 Å². The molecule has 1 aromatic rings. The molecule has 0 heterocycles. The molecule has 0 radical (unpaired) electrons. The smallest absolute Gasteiger partial charge is 0.241 e. The molecule has 1 amide bonds. The van der Waals surface area contributed by atoms with Gasteiger partial charge >= 0.3 is 0 Å². The third kappa shape index (κ3) is 4.20. The van der Waals surface area contributed by atoms with Crippen molar-refractivity contribution >= 4 is 15.9 Å². The van der Waals surface area contributed by atoms with Crippen molar-refractivity contribution in [1.82, 2.24) is 10.0 Å². The van der Waals surface area contributed by atoms with Gasteiger partial charge in [0.05, 0.1) is 18.6 Å². The molecule has 1 aromatic carbocycles. The number of hydrogen-bond donors (Lipinski definition) is 2. The molecule has 0 spiro atoms. The minimum Gasteiger partial charge on any atom is -0.497 e. The Morgan fingerprint density at radius 3 is 2.59 bits per heavy atom. The van der Waals surface area contributed by atoms with Gasteiger partial charge in [-0.2, -0.15) is 0 Å². The fraction of sp³-hybridized carbons (Fsp3) is 0.533. The molecule has 6 nitrogen and oxygen atoms in total. The van der Waals surface area contributed by atoms with Crippen molar-refractivity contribution < 1.29 is 17.9 Å². The van der Waals surface area contributed by atoms with E-state index in [2.05, 4.69) is 10.0 Å². The molecular formula is C15H22N2O4S. The van der Waals surface area contributed by atoms with Crippen LogP contribution < -0.4 is 14.8 Å². The summed E-state index contributed by atoms with van der Waals surface area (Å²) in [5, 5.41) is 2.85. The van der Waals surface area contributed by atoms with Crippen molar-refractivity contribution in [2.75, 3.05) is 13.7 Å². The number of amides is 1. The van der Waals surface area contributed by atoms with E-state index < -0.39 is 10.0 Å². The fourth-order valence-corrected chi connectivity index (χ4v) is 3.84. The molecule has 1 aliphatic rings. The molecule has 122 valence electrons. The second-order valence-corrected chi connectivity index (χ2v) is 7.24. The summed E-state index contributed by atoms with van der Waals surface area (Å²) in [4.78, 5) is 12.0. The van der Waals surface area contributed by atoms with Crippen LogP contribution in [-0.4, -0.2) is 34.0 Å². The van der Waals surface area contributed by atoms with E-state index in [-0.39, 0.29) is 23.4 Å². The second-order valence-electron chi connectivity index (χ2n) is 5.50. The first-order valence-corrected chi connectivity index (χ1v) is 8.84. The van der Waals surface area contributed by atoms with Gasteiger partial charge in [-0.15, -0.1) is 0 Å². The number of nitrogens with one attached hydrogen (secondary N) is 2. The molecule has 22 heavy (non-hydrogen) atoms. The Kier molecular flexibility index (Phi) is 5.42. The maximum absolute atomic E-state index is 12.3. The summed E-state index contributed by atoms with van der Waals surface area (Å²) in [5.74, 6) is 0.303. The van der Waals surface area contributed by atoms with Gasteiger partial charge in [-0.1, -0.05) is 12.8 Å². The largest absolute Gasteiger partial charge is 0.497 e. The van der Waals surface area contributed by atoms with Crippen LogP contribution in [0, 0.1) is 6.92 Å². The molecule has 0 unspecified atom stereocenters. The van der Waals surface area contributed by atoms with Crippen molar-refractivity contribution in [2.24, 2.45) is 0 Å². The van der Waals surface area contributed by atoms with Crippen LogP contribution in [0.5, 0.6) is 5.75 Å². The summed E-state index contributed by atoms with van der Waals surface area (Å²) in [7, 11) is -2.19. The van der Waals surface area contributed by atoms with Crippen LogP contribution in [-0.2, 0) is 14.8 Å². The third-order valence-corrected chi connectivity index (χ3v) is 5.38. The number of hydrogen-bond acceptors (Lipinski definition) is 4. The summed E-state index contributed by atoms with van der Waals surface area (Å²) >= 11 is 0. The molecule has 0 saturated heterocycles. The highest BCUT2D eigenvalue weighted by Gasteiger charge is 2.20. The Morgan fingerprint density at radius 1 is 1.32 bits per heavy atom. The van der Waals surface area contributed by atoms with Gasteiger partial charge in [0.25, 0.3) is 0 Å². The molecule has 0 aromatic heterocycles. The lowest BCUT2D eigenvalue weighted by Crippen LogP contribution is -2.41. The molecule has 1 fully saturated rings. The van der Waals surface area contributed by atoms with Crippen molar-refractivity contribution in [3.8, 4) is 5.75 Å². The molecule has 2 N–H and O–H groups in total. The van der Waals surface area contributed by atoms with E-state index in [1.807, 2.05) is 0 Å². The van der Waals surface area contributed by atoms with Crippen LogP contribution in [0.3, 0.4) is 0 Å². The lowest BCUT2D eigenvalue weighted by atomic mass is 10.2. The van der Waals surface area contributed by atoms with Gasteiger partial charge in [-0.25, -0.2) is 13.1 Å². The predicted octanol–water partition coefficient (Wildman–Crippen LogP) is 1.34. The summed E-state index contributed by atoms with van der Waals surface area (Å²) in [6, 6.07) is 4.89. The summed E-state index contributed by atoms with van der Waals surface area (Å²) in [5.41, 5.74) is 0.572. The number of ether oxygens (including phenoxy) is 1.